The van der Waals surface area contributed by atoms with Gasteiger partial charge >= 0.3 is 6.41 Å². The topological polar surface area (TPSA) is 32.3 Å². The lowest BCUT2D eigenvalue weighted by molar-refractivity contribution is 0.278. The molecule has 0 heterocycles. The van der Waals surface area contributed by atoms with E-state index < -0.39 is 0 Å². The molecular formula is C18H37N2O. The predicted octanol–water partition coefficient (Wildman–Crippen LogP) is 4.97. The number of carbonyl (C=O) groups excluding carboxylic acids is 1. The molecule has 0 aliphatic heterocycles. The first-order valence-corrected chi connectivity index (χ1v) is 9.24. The minimum absolute atomic E-state index is 0.799. The van der Waals surface area contributed by atoms with Crippen molar-refractivity contribution >= 4 is 6.41 Å². The SMILES string of the molecule is CCCCCCCCCN([C]=O)NCCCCCCCC. The molecule has 0 rings (SSSR count). The third-order valence-corrected chi connectivity index (χ3v) is 3.93. The van der Waals surface area contributed by atoms with Crippen LogP contribution in [0.1, 0.15) is 97.3 Å². The number of amides is 1. The number of unbranched alkanes of at least 4 members (excludes halogenated alkanes) is 11. The van der Waals surface area contributed by atoms with Crippen molar-refractivity contribution < 1.29 is 4.79 Å². The van der Waals surface area contributed by atoms with Crippen LogP contribution in [0.2, 0.25) is 0 Å². The fraction of sp³-hybridized carbons (Fsp3) is 0.944. The van der Waals surface area contributed by atoms with Gasteiger partial charge in [-0.2, -0.15) is 0 Å². The van der Waals surface area contributed by atoms with Gasteiger partial charge in [0.05, 0.1) is 0 Å². The van der Waals surface area contributed by atoms with E-state index in [2.05, 4.69) is 19.3 Å². The Morgan fingerprint density at radius 3 is 1.71 bits per heavy atom. The second kappa shape index (κ2) is 17.5. The Labute approximate surface area is 132 Å². The average Bonchev–Trinajstić information content (AvgIpc) is 2.51. The van der Waals surface area contributed by atoms with E-state index in [1.165, 1.54) is 70.6 Å². The van der Waals surface area contributed by atoms with Crippen LogP contribution in [0.25, 0.3) is 0 Å². The number of nitrogens with one attached hydrogen (secondary N) is 1. The van der Waals surface area contributed by atoms with Crippen LogP contribution in [0.3, 0.4) is 0 Å². The van der Waals surface area contributed by atoms with E-state index in [0.29, 0.717) is 0 Å². The van der Waals surface area contributed by atoms with E-state index >= 15 is 0 Å². The molecule has 0 aliphatic carbocycles. The van der Waals surface area contributed by atoms with Gasteiger partial charge in [-0.25, -0.2) is 5.43 Å². The van der Waals surface area contributed by atoms with E-state index in [9.17, 15) is 4.79 Å². The highest BCUT2D eigenvalue weighted by molar-refractivity contribution is 5.46. The lowest BCUT2D eigenvalue weighted by atomic mass is 10.1. The normalized spacial score (nSPS) is 10.8. The molecule has 0 fully saturated rings. The maximum atomic E-state index is 10.9. The average molecular weight is 298 g/mol. The summed E-state index contributed by atoms with van der Waals surface area (Å²) in [6.07, 6.45) is 18.7. The Morgan fingerprint density at radius 1 is 0.714 bits per heavy atom. The second-order valence-corrected chi connectivity index (χ2v) is 6.04. The summed E-state index contributed by atoms with van der Waals surface area (Å²) in [6.45, 7) is 6.18. The Bertz CT molecular complexity index is 191. The molecule has 0 saturated carbocycles. The molecule has 0 aromatic heterocycles. The molecule has 125 valence electrons. The number of hydrogen-bond acceptors (Lipinski definition) is 2. The highest BCUT2D eigenvalue weighted by atomic mass is 16.1. The maximum Gasteiger partial charge on any atom is 0.327 e. The molecule has 0 aliphatic rings. The molecule has 0 spiro atoms. The summed E-state index contributed by atoms with van der Waals surface area (Å²) < 4.78 is 0. The van der Waals surface area contributed by atoms with Crippen molar-refractivity contribution in [3.63, 3.8) is 0 Å². The first-order chi connectivity index (χ1) is 10.3. The zero-order valence-electron chi connectivity index (χ0n) is 14.5. The lowest BCUT2D eigenvalue weighted by Crippen LogP contribution is -2.38. The van der Waals surface area contributed by atoms with Gasteiger partial charge in [-0.15, -0.1) is 0 Å². The highest BCUT2D eigenvalue weighted by Gasteiger charge is 2.01. The molecule has 1 radical (unpaired) electrons. The molecule has 1 amide bonds. The molecular weight excluding hydrogens is 260 g/mol. The van der Waals surface area contributed by atoms with E-state index in [4.69, 9.17) is 0 Å². The van der Waals surface area contributed by atoms with Gasteiger partial charge in [-0.1, -0.05) is 84.5 Å². The Kier molecular flexibility index (Phi) is 17.0. The van der Waals surface area contributed by atoms with Gasteiger partial charge in [-0.05, 0) is 12.8 Å². The molecule has 3 heteroatoms. The van der Waals surface area contributed by atoms with Crippen LogP contribution in [0, 0.1) is 0 Å². The molecule has 0 saturated heterocycles. The molecule has 3 nitrogen and oxygen atoms in total. The predicted molar refractivity (Wildman–Crippen MR) is 91.8 cm³/mol. The van der Waals surface area contributed by atoms with Crippen LogP contribution in [-0.2, 0) is 4.79 Å². The summed E-state index contributed by atoms with van der Waals surface area (Å²) in [6, 6.07) is 0. The third kappa shape index (κ3) is 15.6. The summed E-state index contributed by atoms with van der Waals surface area (Å²) in [5.74, 6) is 0. The van der Waals surface area contributed by atoms with Crippen LogP contribution in [0.15, 0.2) is 0 Å². The lowest BCUT2D eigenvalue weighted by Gasteiger charge is -2.17. The maximum absolute atomic E-state index is 10.9. The highest BCUT2D eigenvalue weighted by Crippen LogP contribution is 2.07. The molecule has 0 atom stereocenters. The Morgan fingerprint density at radius 2 is 1.19 bits per heavy atom. The Hall–Kier alpha value is -0.570. The van der Waals surface area contributed by atoms with Gasteiger partial charge in [-0.3, -0.25) is 9.80 Å². The monoisotopic (exact) mass is 297 g/mol. The minimum atomic E-state index is 0.799. The van der Waals surface area contributed by atoms with Crippen molar-refractivity contribution in [3.05, 3.63) is 0 Å². The van der Waals surface area contributed by atoms with Crippen molar-refractivity contribution in [2.45, 2.75) is 97.3 Å². The summed E-state index contributed by atoms with van der Waals surface area (Å²) >= 11 is 0. The molecule has 0 aromatic rings. The molecule has 0 aromatic carbocycles. The first kappa shape index (κ1) is 20.4. The molecule has 0 unspecified atom stereocenters. The first-order valence-electron chi connectivity index (χ1n) is 9.24. The van der Waals surface area contributed by atoms with Crippen molar-refractivity contribution in [1.29, 1.82) is 0 Å². The largest absolute Gasteiger partial charge is 0.327 e. The zero-order chi connectivity index (χ0) is 15.6. The van der Waals surface area contributed by atoms with Crippen LogP contribution < -0.4 is 5.43 Å². The van der Waals surface area contributed by atoms with Gasteiger partial charge in [0.15, 0.2) is 0 Å². The van der Waals surface area contributed by atoms with Crippen molar-refractivity contribution in [1.82, 2.24) is 10.4 Å². The second-order valence-electron chi connectivity index (χ2n) is 6.04. The van der Waals surface area contributed by atoms with Gasteiger partial charge in [0.2, 0.25) is 0 Å². The van der Waals surface area contributed by atoms with Crippen LogP contribution in [0.5, 0.6) is 0 Å². The Balaban J connectivity index is 3.31. The summed E-state index contributed by atoms with van der Waals surface area (Å²) in [5, 5.41) is 1.61. The van der Waals surface area contributed by atoms with Gasteiger partial charge in [0, 0.05) is 13.1 Å². The molecule has 1 N–H and O–H groups in total. The fourth-order valence-electron chi connectivity index (χ4n) is 2.50. The van der Waals surface area contributed by atoms with Gasteiger partial charge in [0.25, 0.3) is 0 Å². The summed E-state index contributed by atoms with van der Waals surface area (Å²) in [4.78, 5) is 10.9. The number of hydrazine groups is 1. The van der Waals surface area contributed by atoms with Gasteiger partial charge in [0.1, 0.15) is 0 Å². The quantitative estimate of drug-likeness (QED) is 0.233. The van der Waals surface area contributed by atoms with Crippen molar-refractivity contribution in [2.24, 2.45) is 0 Å². The number of hydrogen-bond donors (Lipinski definition) is 1. The standard InChI is InChI=1S/C18H37N2O/c1-3-5-7-9-11-13-15-17-20(18-21)19-16-14-12-10-8-6-4-2/h19H,3-17H2,1-2H3. The van der Waals surface area contributed by atoms with Crippen molar-refractivity contribution in [3.8, 4) is 0 Å². The van der Waals surface area contributed by atoms with Crippen LogP contribution in [0.4, 0.5) is 0 Å². The molecule has 21 heavy (non-hydrogen) atoms. The van der Waals surface area contributed by atoms with Crippen LogP contribution in [-0.4, -0.2) is 24.5 Å². The summed E-state index contributed by atoms with van der Waals surface area (Å²) in [5.41, 5.74) is 3.18. The smallest absolute Gasteiger partial charge is 0.270 e. The third-order valence-electron chi connectivity index (χ3n) is 3.93. The fourth-order valence-corrected chi connectivity index (χ4v) is 2.50. The zero-order valence-corrected chi connectivity index (χ0v) is 14.5. The van der Waals surface area contributed by atoms with E-state index in [1.54, 1.807) is 5.01 Å². The molecule has 0 bridgehead atoms. The van der Waals surface area contributed by atoms with E-state index in [-0.39, 0.29) is 0 Å². The van der Waals surface area contributed by atoms with E-state index in [1.807, 2.05) is 6.41 Å². The number of nitrogens with zero attached hydrogens (tertiary/aromatic N) is 1. The minimum Gasteiger partial charge on any atom is -0.270 e. The van der Waals surface area contributed by atoms with Crippen molar-refractivity contribution in [2.75, 3.05) is 13.1 Å². The number of rotatable bonds is 17. The van der Waals surface area contributed by atoms with E-state index in [0.717, 1.165) is 25.9 Å². The van der Waals surface area contributed by atoms with Crippen LogP contribution >= 0.6 is 0 Å². The summed E-state index contributed by atoms with van der Waals surface area (Å²) in [7, 11) is 0. The van der Waals surface area contributed by atoms with Gasteiger partial charge < -0.3 is 0 Å².